The van der Waals surface area contributed by atoms with Gasteiger partial charge in [0, 0.05) is 17.5 Å². The standard InChI is InChI=1S/C24H34N2/c1-3-5-7-8-10-19-11-14-21(15-12-19)24-25-18-22-17-20(9-6-4-2)13-16-23(22)26-24/h11-12,14-15,18,20H,3-10,13,16-17H2,1-2H3. The number of benzene rings is 1. The Balaban J connectivity index is 1.62. The maximum Gasteiger partial charge on any atom is 0.159 e. The summed E-state index contributed by atoms with van der Waals surface area (Å²) in [5.41, 5.74) is 5.25. The number of rotatable bonds is 9. The predicted molar refractivity (Wildman–Crippen MR) is 110 cm³/mol. The summed E-state index contributed by atoms with van der Waals surface area (Å²) in [6.45, 7) is 4.54. The van der Waals surface area contributed by atoms with Gasteiger partial charge >= 0.3 is 0 Å². The van der Waals surface area contributed by atoms with Gasteiger partial charge < -0.3 is 0 Å². The van der Waals surface area contributed by atoms with Crippen molar-refractivity contribution in [2.24, 2.45) is 5.92 Å². The number of aromatic nitrogens is 2. The van der Waals surface area contributed by atoms with Gasteiger partial charge in [-0.1, -0.05) is 76.6 Å². The first-order chi connectivity index (χ1) is 12.8. The van der Waals surface area contributed by atoms with Crippen LogP contribution in [0.3, 0.4) is 0 Å². The molecule has 0 aliphatic heterocycles. The van der Waals surface area contributed by atoms with Crippen molar-refractivity contribution in [2.45, 2.75) is 84.5 Å². The topological polar surface area (TPSA) is 25.8 Å². The lowest BCUT2D eigenvalue weighted by atomic mass is 9.84. The average molecular weight is 351 g/mol. The third kappa shape index (κ3) is 5.16. The number of fused-ring (bicyclic) bond motifs is 1. The summed E-state index contributed by atoms with van der Waals surface area (Å²) in [6.07, 6.45) is 16.1. The summed E-state index contributed by atoms with van der Waals surface area (Å²) in [4.78, 5) is 9.59. The minimum absolute atomic E-state index is 0.837. The Morgan fingerprint density at radius 2 is 1.77 bits per heavy atom. The van der Waals surface area contributed by atoms with E-state index in [0.717, 1.165) is 23.7 Å². The summed E-state index contributed by atoms with van der Waals surface area (Å²) in [6, 6.07) is 8.91. The molecule has 0 spiro atoms. The molecule has 3 rings (SSSR count). The Bertz CT molecular complexity index is 675. The summed E-state index contributed by atoms with van der Waals surface area (Å²) in [7, 11) is 0. The Kier molecular flexibility index (Phi) is 7.22. The third-order valence-corrected chi connectivity index (χ3v) is 5.75. The predicted octanol–water partition coefficient (Wildman–Crippen LogP) is 6.56. The van der Waals surface area contributed by atoms with Crippen LogP contribution in [0.5, 0.6) is 0 Å². The van der Waals surface area contributed by atoms with Crippen LogP contribution < -0.4 is 0 Å². The average Bonchev–Trinajstić information content (AvgIpc) is 2.69. The summed E-state index contributed by atoms with van der Waals surface area (Å²) in [5.74, 6) is 1.73. The van der Waals surface area contributed by atoms with Crippen LogP contribution in [-0.4, -0.2) is 9.97 Å². The largest absolute Gasteiger partial charge is 0.236 e. The number of unbranched alkanes of at least 4 members (excludes halogenated alkanes) is 4. The van der Waals surface area contributed by atoms with E-state index < -0.39 is 0 Å². The van der Waals surface area contributed by atoms with Gasteiger partial charge in [0.25, 0.3) is 0 Å². The maximum atomic E-state index is 4.90. The second-order valence-corrected chi connectivity index (χ2v) is 7.92. The molecule has 1 atom stereocenters. The van der Waals surface area contributed by atoms with Crippen molar-refractivity contribution in [2.75, 3.05) is 0 Å². The highest BCUT2D eigenvalue weighted by Gasteiger charge is 2.20. The Labute approximate surface area is 159 Å². The smallest absolute Gasteiger partial charge is 0.159 e. The van der Waals surface area contributed by atoms with E-state index in [4.69, 9.17) is 4.98 Å². The summed E-state index contributed by atoms with van der Waals surface area (Å²) >= 11 is 0. The summed E-state index contributed by atoms with van der Waals surface area (Å²) in [5, 5.41) is 0. The van der Waals surface area contributed by atoms with Crippen LogP contribution in [0.1, 0.15) is 82.0 Å². The number of nitrogens with zero attached hydrogens (tertiary/aromatic N) is 2. The minimum atomic E-state index is 0.837. The van der Waals surface area contributed by atoms with Crippen LogP contribution in [0.4, 0.5) is 0 Å². The van der Waals surface area contributed by atoms with Gasteiger partial charge in [0.2, 0.25) is 0 Å². The zero-order chi connectivity index (χ0) is 18.2. The molecular weight excluding hydrogens is 316 g/mol. The highest BCUT2D eigenvalue weighted by Crippen LogP contribution is 2.29. The van der Waals surface area contributed by atoms with Gasteiger partial charge in [0.15, 0.2) is 5.82 Å². The van der Waals surface area contributed by atoms with Crippen LogP contribution in [-0.2, 0) is 19.3 Å². The molecule has 26 heavy (non-hydrogen) atoms. The van der Waals surface area contributed by atoms with Gasteiger partial charge in [-0.15, -0.1) is 0 Å². The second-order valence-electron chi connectivity index (χ2n) is 7.92. The van der Waals surface area contributed by atoms with Gasteiger partial charge in [-0.05, 0) is 49.1 Å². The van der Waals surface area contributed by atoms with E-state index in [9.17, 15) is 0 Å². The number of hydrogen-bond donors (Lipinski definition) is 0. The lowest BCUT2D eigenvalue weighted by Gasteiger charge is -2.23. The van der Waals surface area contributed by atoms with Gasteiger partial charge in [-0.2, -0.15) is 0 Å². The van der Waals surface area contributed by atoms with Crippen molar-refractivity contribution in [3.63, 3.8) is 0 Å². The van der Waals surface area contributed by atoms with E-state index in [2.05, 4.69) is 49.3 Å². The first-order valence-electron chi connectivity index (χ1n) is 10.7. The highest BCUT2D eigenvalue weighted by molar-refractivity contribution is 5.55. The van der Waals surface area contributed by atoms with Crippen LogP contribution in [0, 0.1) is 5.92 Å². The minimum Gasteiger partial charge on any atom is -0.236 e. The summed E-state index contributed by atoms with van der Waals surface area (Å²) < 4.78 is 0. The van der Waals surface area contributed by atoms with Gasteiger partial charge in [0.05, 0.1) is 0 Å². The number of hydrogen-bond acceptors (Lipinski definition) is 2. The first-order valence-corrected chi connectivity index (χ1v) is 10.7. The Morgan fingerprint density at radius 3 is 2.54 bits per heavy atom. The molecule has 1 aliphatic carbocycles. The van der Waals surface area contributed by atoms with Crippen molar-refractivity contribution in [1.29, 1.82) is 0 Å². The fourth-order valence-corrected chi connectivity index (χ4v) is 4.04. The molecule has 1 aromatic carbocycles. The molecule has 0 fully saturated rings. The van der Waals surface area contributed by atoms with Gasteiger partial charge in [-0.25, -0.2) is 9.97 Å². The van der Waals surface area contributed by atoms with Crippen molar-refractivity contribution < 1.29 is 0 Å². The molecule has 1 unspecified atom stereocenters. The molecule has 0 N–H and O–H groups in total. The molecule has 2 heteroatoms. The number of aryl methyl sites for hydroxylation is 2. The molecular formula is C24H34N2. The first kappa shape index (κ1) is 19.1. The molecule has 0 radical (unpaired) electrons. The maximum absolute atomic E-state index is 4.90. The lowest BCUT2D eigenvalue weighted by Crippen LogP contribution is -2.16. The van der Waals surface area contributed by atoms with Crippen LogP contribution in [0.2, 0.25) is 0 Å². The Morgan fingerprint density at radius 1 is 0.962 bits per heavy atom. The lowest BCUT2D eigenvalue weighted by molar-refractivity contribution is 0.408. The zero-order valence-corrected chi connectivity index (χ0v) is 16.6. The highest BCUT2D eigenvalue weighted by atomic mass is 14.9. The zero-order valence-electron chi connectivity index (χ0n) is 16.6. The van der Waals surface area contributed by atoms with E-state index in [-0.39, 0.29) is 0 Å². The molecule has 1 aromatic heterocycles. The van der Waals surface area contributed by atoms with E-state index >= 15 is 0 Å². The molecule has 0 bridgehead atoms. The molecule has 1 aliphatic rings. The second kappa shape index (κ2) is 9.85. The normalized spacial score (nSPS) is 16.5. The molecule has 1 heterocycles. The van der Waals surface area contributed by atoms with Crippen molar-refractivity contribution in [1.82, 2.24) is 9.97 Å². The van der Waals surface area contributed by atoms with E-state index in [0.29, 0.717) is 0 Å². The van der Waals surface area contributed by atoms with Gasteiger partial charge in [-0.3, -0.25) is 0 Å². The monoisotopic (exact) mass is 350 g/mol. The molecule has 2 nitrogen and oxygen atoms in total. The van der Waals surface area contributed by atoms with E-state index in [1.54, 1.807) is 0 Å². The molecule has 140 valence electrons. The van der Waals surface area contributed by atoms with Crippen molar-refractivity contribution in [3.05, 3.63) is 47.3 Å². The third-order valence-electron chi connectivity index (χ3n) is 5.75. The fourth-order valence-electron chi connectivity index (χ4n) is 4.04. The molecule has 0 saturated heterocycles. The molecule has 2 aromatic rings. The fraction of sp³-hybridized carbons (Fsp3) is 0.583. The SMILES string of the molecule is CCCCCCc1ccc(-c2ncc3c(n2)CCC(CCCC)C3)cc1. The van der Waals surface area contributed by atoms with Crippen LogP contribution in [0.15, 0.2) is 30.5 Å². The van der Waals surface area contributed by atoms with Crippen LogP contribution >= 0.6 is 0 Å². The van der Waals surface area contributed by atoms with Crippen molar-refractivity contribution in [3.8, 4) is 11.4 Å². The molecule has 0 amide bonds. The van der Waals surface area contributed by atoms with Crippen LogP contribution in [0.25, 0.3) is 11.4 Å². The molecule has 0 saturated carbocycles. The quantitative estimate of drug-likeness (QED) is 0.478. The van der Waals surface area contributed by atoms with Crippen molar-refractivity contribution >= 4 is 0 Å². The Hall–Kier alpha value is -1.70. The van der Waals surface area contributed by atoms with E-state index in [1.165, 1.54) is 81.0 Å². The van der Waals surface area contributed by atoms with E-state index in [1.807, 2.05) is 0 Å². The van der Waals surface area contributed by atoms with Gasteiger partial charge in [0.1, 0.15) is 0 Å².